The van der Waals surface area contributed by atoms with Crippen molar-refractivity contribution in [2.24, 2.45) is 23.7 Å². The highest BCUT2D eigenvalue weighted by molar-refractivity contribution is 6.39. The van der Waals surface area contributed by atoms with Crippen LogP contribution in [0.25, 0.3) is 32.7 Å². The van der Waals surface area contributed by atoms with E-state index < -0.39 is 104 Å². The van der Waals surface area contributed by atoms with Crippen molar-refractivity contribution in [1.82, 2.24) is 0 Å². The number of halogens is 2. The number of methoxy groups -OCH3 is 2. The predicted molar refractivity (Wildman–Crippen MR) is 221 cm³/mol. The number of rotatable bonds is 9. The number of fused-ring (bicyclic) bond motifs is 4. The summed E-state index contributed by atoms with van der Waals surface area (Å²) in [4.78, 5) is 52.1. The van der Waals surface area contributed by atoms with Crippen LogP contribution in [0.2, 0.25) is 10.0 Å². The maximum atomic E-state index is 14.1. The monoisotopic (exact) mass is 866 g/mol. The summed E-state index contributed by atoms with van der Waals surface area (Å²) < 4.78 is 10.9. The Morgan fingerprint density at radius 2 is 0.950 bits per heavy atom. The molecule has 0 heterocycles. The largest absolute Gasteiger partial charge is 0.507 e. The molecule has 0 fully saturated rings. The van der Waals surface area contributed by atoms with Crippen molar-refractivity contribution in [2.45, 2.75) is 64.6 Å². The van der Waals surface area contributed by atoms with Crippen LogP contribution in [0.15, 0.2) is 47.9 Å². The molecule has 14 nitrogen and oxygen atoms in total. The van der Waals surface area contributed by atoms with Crippen LogP contribution in [0.4, 0.5) is 0 Å². The molecule has 2 aliphatic carbocycles. The van der Waals surface area contributed by atoms with Crippen molar-refractivity contribution in [3.63, 3.8) is 0 Å². The van der Waals surface area contributed by atoms with Gasteiger partial charge < -0.3 is 50.3 Å². The Balaban J connectivity index is 1.67. The summed E-state index contributed by atoms with van der Waals surface area (Å²) in [6.07, 6.45) is 1.46. The predicted octanol–water partition coefficient (Wildman–Crippen LogP) is 7.63. The summed E-state index contributed by atoms with van der Waals surface area (Å²) in [6, 6.07) is 5.37. The number of ketones is 2. The molecule has 0 spiro atoms. The van der Waals surface area contributed by atoms with E-state index in [9.17, 15) is 60.0 Å². The number of carbonyl (C=O) groups excluding carboxylic acids is 2. The lowest BCUT2D eigenvalue weighted by Gasteiger charge is -2.48. The second kappa shape index (κ2) is 15.2. The molecule has 0 amide bonds. The van der Waals surface area contributed by atoms with E-state index in [1.165, 1.54) is 52.3 Å². The molecular formula is C44H44Cl2O14. The molecule has 0 saturated heterocycles. The van der Waals surface area contributed by atoms with Crippen molar-refractivity contribution >= 4 is 68.3 Å². The highest BCUT2D eigenvalue weighted by atomic mass is 35.5. The van der Waals surface area contributed by atoms with Gasteiger partial charge in [0, 0.05) is 33.7 Å². The highest BCUT2D eigenvalue weighted by Gasteiger charge is 2.58. The quantitative estimate of drug-likeness (QED) is 0.0596. The lowest BCUT2D eigenvalue weighted by atomic mass is 9.60. The smallest absolute Gasteiger partial charge is 0.331 e. The highest BCUT2D eigenvalue weighted by Crippen LogP contribution is 2.60. The zero-order valence-electron chi connectivity index (χ0n) is 33.7. The van der Waals surface area contributed by atoms with E-state index in [1.807, 2.05) is 0 Å². The summed E-state index contributed by atoms with van der Waals surface area (Å²) in [7, 11) is 2.38. The molecule has 60 heavy (non-hydrogen) atoms. The number of Topliss-reactive ketones (excluding diaryl/α,β-unsaturated/α-hetero) is 2. The number of aromatic hydroxyl groups is 4. The first-order valence-electron chi connectivity index (χ1n) is 18.9. The molecule has 0 aromatic heterocycles. The van der Waals surface area contributed by atoms with Gasteiger partial charge in [0.05, 0.1) is 81.4 Å². The van der Waals surface area contributed by atoms with E-state index in [-0.39, 0.29) is 65.4 Å². The fourth-order valence-electron chi connectivity index (χ4n) is 9.50. The third-order valence-electron chi connectivity index (χ3n) is 12.7. The van der Waals surface area contributed by atoms with Crippen LogP contribution < -0.4 is 0 Å². The molecule has 2 aliphatic rings. The van der Waals surface area contributed by atoms with Gasteiger partial charge in [-0.2, -0.15) is 0 Å². The topological polar surface area (TPSA) is 249 Å². The maximum Gasteiger partial charge on any atom is 0.331 e. The molecule has 318 valence electrons. The van der Waals surface area contributed by atoms with E-state index in [4.69, 9.17) is 32.7 Å². The van der Waals surface area contributed by atoms with Gasteiger partial charge in [-0.1, -0.05) is 76.9 Å². The molecule has 0 bridgehead atoms. The van der Waals surface area contributed by atoms with Crippen molar-refractivity contribution in [3.05, 3.63) is 80.2 Å². The number of ether oxygens (including phenoxy) is 2. The summed E-state index contributed by atoms with van der Waals surface area (Å²) in [6.45, 7) is 9.36. The summed E-state index contributed by atoms with van der Waals surface area (Å²) in [5.74, 6) is -14.4. The van der Waals surface area contributed by atoms with E-state index in [1.54, 1.807) is 27.7 Å². The van der Waals surface area contributed by atoms with Crippen molar-refractivity contribution in [2.75, 3.05) is 14.2 Å². The minimum absolute atomic E-state index is 0.0229. The second-order valence-electron chi connectivity index (χ2n) is 16.0. The number of carboxylic acids is 2. The Labute approximate surface area is 353 Å². The van der Waals surface area contributed by atoms with Gasteiger partial charge in [-0.3, -0.25) is 9.59 Å². The zero-order valence-corrected chi connectivity index (χ0v) is 35.2. The number of aliphatic hydroxyl groups is 2. The van der Waals surface area contributed by atoms with E-state index >= 15 is 0 Å². The molecule has 0 radical (unpaired) electrons. The van der Waals surface area contributed by atoms with E-state index in [0.717, 1.165) is 12.2 Å². The normalized spacial score (nSPS) is 24.6. The standard InChI is InChI=1S/C44H44Cl2O14/c1-15(2)43(57)17(5)37(51)31-29(33(43)23(59-7)13-25(47)48)35(45)21-11-9-19(39(53)27(21)41(31)55)20-10-12-22-28(40(20)54)42(56)32-30(36(22)46)34(24(60-8)14-26(49)50)44(58,16(3)4)18(6)38(32)52/h9-18,33-34,53-58H,1-8H3,(H,47,48)(H,49,50)/b23-13-,24-14+/t17?,18-,33?,34?,43?,44?/m1/s1. The number of phenols is 4. The average Bonchev–Trinajstić information content (AvgIpc) is 3.18. The van der Waals surface area contributed by atoms with Crippen LogP contribution in [-0.2, 0) is 19.1 Å². The first-order valence-corrected chi connectivity index (χ1v) is 19.6. The van der Waals surface area contributed by atoms with Gasteiger partial charge in [0.25, 0.3) is 0 Å². The lowest BCUT2D eigenvalue weighted by Crippen LogP contribution is -2.54. The van der Waals surface area contributed by atoms with Crippen LogP contribution in [-0.4, -0.2) is 89.8 Å². The van der Waals surface area contributed by atoms with E-state index in [0.29, 0.717) is 0 Å². The average molecular weight is 868 g/mol. The first-order chi connectivity index (χ1) is 28.0. The maximum absolute atomic E-state index is 14.1. The molecule has 4 aromatic carbocycles. The first kappa shape index (κ1) is 44.0. The Bertz CT molecular complexity index is 2450. The number of carbonyl (C=O) groups is 4. The zero-order chi connectivity index (χ0) is 44.8. The number of carboxylic acid groups (broad SMARTS) is 2. The van der Waals surface area contributed by atoms with Crippen LogP contribution >= 0.6 is 23.2 Å². The Kier molecular flexibility index (Phi) is 11.1. The number of phenolic OH excluding ortho intramolecular Hbond substituents is 4. The van der Waals surface area contributed by atoms with Gasteiger partial charge in [0.15, 0.2) is 11.6 Å². The van der Waals surface area contributed by atoms with Crippen LogP contribution in [0, 0.1) is 23.7 Å². The fourth-order valence-corrected chi connectivity index (χ4v) is 10.2. The van der Waals surface area contributed by atoms with Crippen molar-refractivity contribution < 1.29 is 69.5 Å². The number of hydrogen-bond donors (Lipinski definition) is 8. The molecule has 6 atom stereocenters. The summed E-state index contributed by atoms with van der Waals surface area (Å²) in [5, 5.41) is 90.4. The van der Waals surface area contributed by atoms with Gasteiger partial charge in [0.2, 0.25) is 0 Å². The number of benzene rings is 4. The Hall–Kier alpha value is -5.54. The number of aliphatic carboxylic acids is 2. The summed E-state index contributed by atoms with van der Waals surface area (Å²) in [5.41, 5.74) is -5.26. The minimum atomic E-state index is -1.96. The van der Waals surface area contributed by atoms with E-state index in [2.05, 4.69) is 0 Å². The Morgan fingerprint density at radius 1 is 0.633 bits per heavy atom. The minimum Gasteiger partial charge on any atom is -0.507 e. The summed E-state index contributed by atoms with van der Waals surface area (Å²) >= 11 is 14.0. The molecular weight excluding hydrogens is 823 g/mol. The van der Waals surface area contributed by atoms with Gasteiger partial charge in [-0.05, 0) is 35.1 Å². The number of hydrogen-bond acceptors (Lipinski definition) is 12. The Morgan fingerprint density at radius 3 is 1.22 bits per heavy atom. The SMILES string of the molecule is CO/C(=C\C(=O)O)C1c2c(c(O)c3c(O)c(-c4ccc5c(Cl)c6c(c(O)c5c4O)C(=O)[C@@H](C)C(O)(C(C)C)C6/C(=C\C(=O)O)OC)ccc3c2Cl)C(=O)C(C)C1(O)C(C)C. The molecule has 0 aliphatic heterocycles. The van der Waals surface area contributed by atoms with Crippen LogP contribution in [0.1, 0.15) is 85.2 Å². The third-order valence-corrected chi connectivity index (χ3v) is 13.5. The van der Waals surface area contributed by atoms with Crippen LogP contribution in [0.5, 0.6) is 23.0 Å². The lowest BCUT2D eigenvalue weighted by molar-refractivity contribution is -0.132. The molecule has 8 N–H and O–H groups in total. The van der Waals surface area contributed by atoms with Crippen LogP contribution in [0.3, 0.4) is 0 Å². The molecule has 6 rings (SSSR count). The molecule has 0 saturated carbocycles. The van der Waals surface area contributed by atoms with Gasteiger partial charge in [-0.15, -0.1) is 0 Å². The van der Waals surface area contributed by atoms with Gasteiger partial charge in [0.1, 0.15) is 34.5 Å². The third kappa shape index (κ3) is 5.98. The fraction of sp³-hybridized carbons (Fsp3) is 0.364. The molecule has 4 aromatic rings. The van der Waals surface area contributed by atoms with Gasteiger partial charge >= 0.3 is 11.9 Å². The molecule has 5 unspecified atom stereocenters. The molecule has 16 heteroatoms. The van der Waals surface area contributed by atoms with Gasteiger partial charge in [-0.25, -0.2) is 9.59 Å². The van der Waals surface area contributed by atoms with Crippen molar-refractivity contribution in [3.8, 4) is 34.1 Å². The second-order valence-corrected chi connectivity index (χ2v) is 16.7. The van der Waals surface area contributed by atoms with Crippen molar-refractivity contribution in [1.29, 1.82) is 0 Å².